The second kappa shape index (κ2) is 10.8. The maximum Gasteiger partial charge on any atom is 0.294 e. The fourth-order valence-corrected chi connectivity index (χ4v) is 1.42. The molecule has 0 bridgehead atoms. The van der Waals surface area contributed by atoms with Crippen LogP contribution in [0.15, 0.2) is 0 Å². The second-order valence-corrected chi connectivity index (χ2v) is 4.07. The Kier molecular flexibility index (Phi) is 9.62. The van der Waals surface area contributed by atoms with Crippen molar-refractivity contribution < 1.29 is 24.6 Å². The summed E-state index contributed by atoms with van der Waals surface area (Å²) in [6.45, 7) is 2.06. The summed E-state index contributed by atoms with van der Waals surface area (Å²) in [7, 11) is 0. The zero-order chi connectivity index (χ0) is 15.4. The molecule has 0 spiro atoms. The lowest BCUT2D eigenvalue weighted by atomic mass is 10.1. The van der Waals surface area contributed by atoms with Crippen LogP contribution in [-0.2, 0) is 14.5 Å². The van der Waals surface area contributed by atoms with E-state index in [1.54, 1.807) is 0 Å². The summed E-state index contributed by atoms with van der Waals surface area (Å²) in [5.41, 5.74) is 0. The summed E-state index contributed by atoms with van der Waals surface area (Å²) < 4.78 is 0. The van der Waals surface area contributed by atoms with Gasteiger partial charge in [0.25, 0.3) is 10.2 Å². The normalized spacial score (nSPS) is 11.4. The van der Waals surface area contributed by atoms with E-state index >= 15 is 0 Å². The summed E-state index contributed by atoms with van der Waals surface area (Å²) in [6, 6.07) is 0. The van der Waals surface area contributed by atoms with Gasteiger partial charge in [0.05, 0.1) is 0 Å². The largest absolute Gasteiger partial charge is 0.356 e. The van der Waals surface area contributed by atoms with Crippen LogP contribution in [0.4, 0.5) is 0 Å². The molecule has 0 saturated heterocycles. The van der Waals surface area contributed by atoms with Crippen molar-refractivity contribution in [2.24, 2.45) is 0 Å². The number of hydrogen-bond donors (Lipinski definition) is 1. The maximum absolute atomic E-state index is 11.4. The van der Waals surface area contributed by atoms with E-state index in [9.17, 15) is 25.0 Å². The summed E-state index contributed by atoms with van der Waals surface area (Å²) in [4.78, 5) is 39.9. The van der Waals surface area contributed by atoms with Crippen LogP contribution in [0.5, 0.6) is 0 Å². The second-order valence-electron chi connectivity index (χ2n) is 4.07. The number of unbranched alkanes of at least 4 members (excludes halogenated alkanes) is 1. The maximum atomic E-state index is 11.4. The van der Waals surface area contributed by atoms with Crippen molar-refractivity contribution in [2.45, 2.75) is 45.1 Å². The first-order valence-electron chi connectivity index (χ1n) is 6.30. The lowest BCUT2D eigenvalue weighted by molar-refractivity contribution is -0.790. The third kappa shape index (κ3) is 11.0. The van der Waals surface area contributed by atoms with E-state index in [0.717, 1.165) is 12.8 Å². The van der Waals surface area contributed by atoms with Gasteiger partial charge in [0.15, 0.2) is 0 Å². The van der Waals surface area contributed by atoms with Gasteiger partial charge in [0, 0.05) is 13.0 Å². The molecule has 20 heavy (non-hydrogen) atoms. The average molecular weight is 293 g/mol. The van der Waals surface area contributed by atoms with Gasteiger partial charge in [-0.05, 0) is 19.3 Å². The molecule has 0 aliphatic heterocycles. The number of rotatable bonds is 12. The van der Waals surface area contributed by atoms with E-state index in [0.29, 0.717) is 13.0 Å². The van der Waals surface area contributed by atoms with Crippen molar-refractivity contribution in [3.8, 4) is 0 Å². The van der Waals surface area contributed by atoms with Crippen molar-refractivity contribution in [1.29, 1.82) is 0 Å². The van der Waals surface area contributed by atoms with Crippen LogP contribution >= 0.6 is 0 Å². The van der Waals surface area contributed by atoms with Crippen molar-refractivity contribution in [1.82, 2.24) is 5.32 Å². The standard InChI is InChI=1S/C10H19N3O7/c1-2-3-7-11-10(14)6-4-5-9(20-13(17)18)8-19-12(15)16/h9H,2-8H2,1H3,(H,11,14). The zero-order valence-corrected chi connectivity index (χ0v) is 11.3. The lowest BCUT2D eigenvalue weighted by Crippen LogP contribution is -2.27. The molecule has 0 aromatic rings. The SMILES string of the molecule is CCCCNC(=O)CCCC(CO[N+](=O)[O-])O[N+](=O)[O-]. The van der Waals surface area contributed by atoms with Crippen LogP contribution in [0, 0.1) is 20.2 Å². The predicted molar refractivity (Wildman–Crippen MR) is 66.6 cm³/mol. The number of carbonyl (C=O) groups excluding carboxylic acids is 1. The number of nitrogens with one attached hydrogen (secondary N) is 1. The molecule has 1 N–H and O–H groups in total. The Balaban J connectivity index is 3.90. The van der Waals surface area contributed by atoms with Gasteiger partial charge in [0.1, 0.15) is 12.7 Å². The first-order chi connectivity index (χ1) is 9.45. The van der Waals surface area contributed by atoms with Crippen molar-refractivity contribution in [2.75, 3.05) is 13.2 Å². The van der Waals surface area contributed by atoms with Crippen molar-refractivity contribution >= 4 is 5.91 Å². The molecule has 0 heterocycles. The number of amides is 1. The highest BCUT2D eigenvalue weighted by molar-refractivity contribution is 5.75. The number of hydrogen-bond acceptors (Lipinski definition) is 7. The highest BCUT2D eigenvalue weighted by Gasteiger charge is 2.16. The zero-order valence-electron chi connectivity index (χ0n) is 11.3. The van der Waals surface area contributed by atoms with E-state index in [1.165, 1.54) is 0 Å². The molecule has 1 unspecified atom stereocenters. The number of nitrogens with zero attached hydrogens (tertiary/aromatic N) is 2. The van der Waals surface area contributed by atoms with Crippen molar-refractivity contribution in [3.05, 3.63) is 20.2 Å². The molecule has 0 fully saturated rings. The van der Waals surface area contributed by atoms with Gasteiger partial charge in [0.2, 0.25) is 5.91 Å². The molecule has 0 radical (unpaired) electrons. The van der Waals surface area contributed by atoms with Crippen LogP contribution in [0.2, 0.25) is 0 Å². The lowest BCUT2D eigenvalue weighted by Gasteiger charge is -2.13. The molecule has 0 aromatic carbocycles. The van der Waals surface area contributed by atoms with Gasteiger partial charge in [-0.1, -0.05) is 13.3 Å². The summed E-state index contributed by atoms with van der Waals surface area (Å²) in [6.07, 6.45) is 1.42. The van der Waals surface area contributed by atoms with E-state index in [4.69, 9.17) is 0 Å². The molecule has 1 amide bonds. The van der Waals surface area contributed by atoms with Crippen LogP contribution in [0.3, 0.4) is 0 Å². The highest BCUT2D eigenvalue weighted by Crippen LogP contribution is 2.06. The summed E-state index contributed by atoms with van der Waals surface area (Å²) in [5.74, 6) is -0.159. The molecular weight excluding hydrogens is 274 g/mol. The fourth-order valence-electron chi connectivity index (χ4n) is 1.42. The molecule has 0 aliphatic carbocycles. The minimum atomic E-state index is -1.06. The Morgan fingerprint density at radius 1 is 1.25 bits per heavy atom. The Labute approximate surface area is 115 Å². The minimum Gasteiger partial charge on any atom is -0.356 e. The third-order valence-electron chi connectivity index (χ3n) is 2.38. The average Bonchev–Trinajstić information content (AvgIpc) is 2.35. The van der Waals surface area contributed by atoms with Gasteiger partial charge in [-0.3, -0.25) is 4.79 Å². The molecule has 0 rings (SSSR count). The quantitative estimate of drug-likeness (QED) is 0.320. The first kappa shape index (κ1) is 17.9. The monoisotopic (exact) mass is 293 g/mol. The van der Waals surface area contributed by atoms with E-state index in [1.807, 2.05) is 6.92 Å². The van der Waals surface area contributed by atoms with E-state index < -0.39 is 22.9 Å². The topological polar surface area (TPSA) is 134 Å². The first-order valence-corrected chi connectivity index (χ1v) is 6.30. The molecule has 0 saturated carbocycles. The van der Waals surface area contributed by atoms with Crippen molar-refractivity contribution in [3.63, 3.8) is 0 Å². The van der Waals surface area contributed by atoms with Gasteiger partial charge in [-0.15, -0.1) is 20.2 Å². The third-order valence-corrected chi connectivity index (χ3v) is 2.38. The molecule has 10 nitrogen and oxygen atoms in total. The Hall–Kier alpha value is -2.13. The molecule has 10 heteroatoms. The smallest absolute Gasteiger partial charge is 0.294 e. The van der Waals surface area contributed by atoms with Crippen LogP contribution < -0.4 is 5.32 Å². The van der Waals surface area contributed by atoms with E-state index in [-0.39, 0.29) is 18.7 Å². The molecule has 1 atom stereocenters. The highest BCUT2D eigenvalue weighted by atomic mass is 17.0. The van der Waals surface area contributed by atoms with Crippen LogP contribution in [-0.4, -0.2) is 35.3 Å². The molecular formula is C10H19N3O7. The van der Waals surface area contributed by atoms with Gasteiger partial charge < -0.3 is 15.0 Å². The Morgan fingerprint density at radius 2 is 1.95 bits per heavy atom. The predicted octanol–water partition coefficient (Wildman–Crippen LogP) is 0.858. The van der Waals surface area contributed by atoms with Gasteiger partial charge in [-0.25, -0.2) is 0 Å². The number of carbonyl (C=O) groups is 1. The molecule has 0 aromatic heterocycles. The summed E-state index contributed by atoms with van der Waals surface area (Å²) in [5, 5.41) is 20.8. The van der Waals surface area contributed by atoms with Crippen LogP contribution in [0.1, 0.15) is 39.0 Å². The molecule has 0 aliphatic rings. The fraction of sp³-hybridized carbons (Fsp3) is 0.900. The Morgan fingerprint density at radius 3 is 2.50 bits per heavy atom. The van der Waals surface area contributed by atoms with Gasteiger partial charge in [-0.2, -0.15) is 0 Å². The Bertz CT molecular complexity index is 324. The van der Waals surface area contributed by atoms with Crippen LogP contribution in [0.25, 0.3) is 0 Å². The van der Waals surface area contributed by atoms with E-state index in [2.05, 4.69) is 15.0 Å². The minimum absolute atomic E-state index is 0.121. The molecule has 116 valence electrons. The van der Waals surface area contributed by atoms with Gasteiger partial charge >= 0.3 is 0 Å². The summed E-state index contributed by atoms with van der Waals surface area (Å²) >= 11 is 0.